The van der Waals surface area contributed by atoms with E-state index >= 15 is 0 Å². The number of carbonyl (C=O) groups is 1. The zero-order chi connectivity index (χ0) is 15.7. The number of nitrogens with one attached hydrogen (secondary N) is 2. The van der Waals surface area contributed by atoms with Crippen LogP contribution in [-0.4, -0.2) is 44.1 Å². The Hall–Kier alpha value is -1.96. The third kappa shape index (κ3) is 2.83. The number of rotatable bonds is 3. The van der Waals surface area contributed by atoms with Crippen molar-refractivity contribution >= 4 is 17.2 Å². The number of likely N-dealkylation sites (tertiary alicyclic amines) is 1. The molecule has 118 valence electrons. The monoisotopic (exact) mass is 321 g/mol. The largest absolute Gasteiger partial charge is 0.340 e. The van der Waals surface area contributed by atoms with Crippen LogP contribution in [0.1, 0.15) is 59.7 Å². The molecule has 2 N–H and O–H groups in total. The Morgan fingerprint density at radius 2 is 2.32 bits per heavy atom. The molecule has 1 atom stereocenters. The fourth-order valence-corrected chi connectivity index (χ4v) is 3.74. The molecule has 0 aromatic carbocycles. The van der Waals surface area contributed by atoms with Gasteiger partial charge in [0.15, 0.2) is 0 Å². The number of aromatic amines is 2. The lowest BCUT2D eigenvalue weighted by molar-refractivity contribution is 0.0708. The van der Waals surface area contributed by atoms with Crippen LogP contribution < -0.4 is 5.69 Å². The van der Waals surface area contributed by atoms with E-state index in [0.29, 0.717) is 12.4 Å². The molecule has 0 bridgehead atoms. The summed E-state index contributed by atoms with van der Waals surface area (Å²) in [6, 6.07) is 0. The number of carbonyl (C=O) groups excluding carboxylic acids is 1. The molecular formula is C14H19N5O2S. The minimum Gasteiger partial charge on any atom is -0.337 e. The van der Waals surface area contributed by atoms with Gasteiger partial charge in [-0.1, -0.05) is 13.8 Å². The van der Waals surface area contributed by atoms with Crippen molar-refractivity contribution in [1.82, 2.24) is 25.1 Å². The van der Waals surface area contributed by atoms with E-state index in [1.807, 2.05) is 18.7 Å². The second-order valence-electron chi connectivity index (χ2n) is 5.87. The number of piperidine rings is 1. The first-order valence-electron chi connectivity index (χ1n) is 7.43. The number of hydrogen-bond donors (Lipinski definition) is 2. The van der Waals surface area contributed by atoms with E-state index in [1.54, 1.807) is 5.51 Å². The van der Waals surface area contributed by atoms with Crippen molar-refractivity contribution in [2.75, 3.05) is 13.1 Å². The summed E-state index contributed by atoms with van der Waals surface area (Å²) in [7, 11) is 0. The van der Waals surface area contributed by atoms with Crippen LogP contribution in [-0.2, 0) is 0 Å². The highest BCUT2D eigenvalue weighted by molar-refractivity contribution is 7.11. The van der Waals surface area contributed by atoms with Gasteiger partial charge in [-0.25, -0.2) is 14.9 Å². The number of amides is 1. The summed E-state index contributed by atoms with van der Waals surface area (Å²) in [6.45, 7) is 5.40. The zero-order valence-electron chi connectivity index (χ0n) is 12.6. The first-order valence-corrected chi connectivity index (χ1v) is 8.31. The quantitative estimate of drug-likeness (QED) is 0.899. The van der Waals surface area contributed by atoms with E-state index in [1.165, 1.54) is 11.3 Å². The van der Waals surface area contributed by atoms with Crippen LogP contribution in [0.25, 0.3) is 0 Å². The minimum absolute atomic E-state index is 0.0359. The van der Waals surface area contributed by atoms with E-state index in [-0.39, 0.29) is 23.4 Å². The standard InChI is InChI=1S/C14H19N5O2S/c1-8(2)10-11(22-7-15-10)13(20)19-5-3-4-9(6-19)12-16-14(21)18-17-12/h7-9H,3-6H2,1-2H3,(H2,16,17,18,21)/t9-/m1/s1. The van der Waals surface area contributed by atoms with Gasteiger partial charge >= 0.3 is 5.69 Å². The summed E-state index contributed by atoms with van der Waals surface area (Å²) in [5, 5.41) is 6.39. The Morgan fingerprint density at radius 3 is 3.00 bits per heavy atom. The van der Waals surface area contributed by atoms with Crippen molar-refractivity contribution in [3.8, 4) is 0 Å². The maximum Gasteiger partial charge on any atom is 0.340 e. The first-order chi connectivity index (χ1) is 10.6. The van der Waals surface area contributed by atoms with E-state index in [0.717, 1.165) is 30.0 Å². The normalized spacial score (nSPS) is 18.9. The molecule has 0 unspecified atom stereocenters. The van der Waals surface area contributed by atoms with Gasteiger partial charge in [-0.2, -0.15) is 5.10 Å². The maximum atomic E-state index is 12.8. The van der Waals surface area contributed by atoms with E-state index in [9.17, 15) is 9.59 Å². The summed E-state index contributed by atoms with van der Waals surface area (Å²) in [6.07, 6.45) is 1.82. The topological polar surface area (TPSA) is 94.7 Å². The molecule has 2 aromatic heterocycles. The van der Waals surface area contributed by atoms with Gasteiger partial charge in [-0.3, -0.25) is 9.78 Å². The predicted molar refractivity (Wildman–Crippen MR) is 83.3 cm³/mol. The van der Waals surface area contributed by atoms with Crippen molar-refractivity contribution in [1.29, 1.82) is 0 Å². The molecule has 1 aliphatic heterocycles. The van der Waals surface area contributed by atoms with Gasteiger partial charge < -0.3 is 4.90 Å². The number of H-pyrrole nitrogens is 2. The molecule has 1 saturated heterocycles. The number of aromatic nitrogens is 4. The van der Waals surface area contributed by atoms with Crippen LogP contribution in [0.2, 0.25) is 0 Å². The number of hydrogen-bond acceptors (Lipinski definition) is 5. The zero-order valence-corrected chi connectivity index (χ0v) is 13.4. The third-order valence-electron chi connectivity index (χ3n) is 3.95. The average molecular weight is 321 g/mol. The molecular weight excluding hydrogens is 302 g/mol. The van der Waals surface area contributed by atoms with Crippen LogP contribution in [0.4, 0.5) is 0 Å². The van der Waals surface area contributed by atoms with Crippen LogP contribution >= 0.6 is 11.3 Å². The highest BCUT2D eigenvalue weighted by Gasteiger charge is 2.29. The molecule has 7 nitrogen and oxygen atoms in total. The minimum atomic E-state index is -0.303. The van der Waals surface area contributed by atoms with Gasteiger partial charge in [0.25, 0.3) is 5.91 Å². The molecule has 0 aliphatic carbocycles. The Bertz CT molecular complexity index is 717. The average Bonchev–Trinajstić information content (AvgIpc) is 3.15. The molecule has 8 heteroatoms. The van der Waals surface area contributed by atoms with Crippen molar-refractivity contribution < 1.29 is 4.79 Å². The van der Waals surface area contributed by atoms with Crippen LogP contribution in [0.15, 0.2) is 10.3 Å². The second-order valence-corrected chi connectivity index (χ2v) is 6.73. The van der Waals surface area contributed by atoms with Gasteiger partial charge in [0.2, 0.25) is 0 Å². The van der Waals surface area contributed by atoms with Gasteiger partial charge in [0.1, 0.15) is 10.7 Å². The van der Waals surface area contributed by atoms with Crippen LogP contribution in [0.5, 0.6) is 0 Å². The summed E-state index contributed by atoms with van der Waals surface area (Å²) in [5.74, 6) is 0.977. The number of thiazole rings is 1. The number of nitrogens with zero attached hydrogens (tertiary/aromatic N) is 3. The summed E-state index contributed by atoms with van der Waals surface area (Å²) in [5.41, 5.74) is 2.29. The lowest BCUT2D eigenvalue weighted by Crippen LogP contribution is -2.39. The molecule has 0 radical (unpaired) electrons. The smallest absolute Gasteiger partial charge is 0.337 e. The lowest BCUT2D eigenvalue weighted by atomic mass is 9.97. The lowest BCUT2D eigenvalue weighted by Gasteiger charge is -2.31. The summed E-state index contributed by atoms with van der Waals surface area (Å²) >= 11 is 1.40. The highest BCUT2D eigenvalue weighted by atomic mass is 32.1. The predicted octanol–water partition coefficient (Wildman–Crippen LogP) is 1.70. The highest BCUT2D eigenvalue weighted by Crippen LogP contribution is 2.28. The van der Waals surface area contributed by atoms with Gasteiger partial charge in [-0.15, -0.1) is 11.3 Å². The molecule has 3 heterocycles. The van der Waals surface area contributed by atoms with Crippen LogP contribution in [0, 0.1) is 0 Å². The molecule has 0 spiro atoms. The van der Waals surface area contributed by atoms with E-state index < -0.39 is 0 Å². The van der Waals surface area contributed by atoms with Crippen molar-refractivity contribution in [2.45, 2.75) is 38.5 Å². The van der Waals surface area contributed by atoms with Crippen LogP contribution in [0.3, 0.4) is 0 Å². The second kappa shape index (κ2) is 6.04. The maximum absolute atomic E-state index is 12.8. The molecule has 0 saturated carbocycles. The van der Waals surface area contributed by atoms with Crippen molar-refractivity contribution in [2.24, 2.45) is 0 Å². The van der Waals surface area contributed by atoms with E-state index in [4.69, 9.17) is 0 Å². The van der Waals surface area contributed by atoms with Crippen molar-refractivity contribution in [3.05, 3.63) is 32.4 Å². The van der Waals surface area contributed by atoms with E-state index in [2.05, 4.69) is 20.2 Å². The molecule has 1 aliphatic rings. The summed E-state index contributed by atoms with van der Waals surface area (Å²) < 4.78 is 0. The van der Waals surface area contributed by atoms with Gasteiger partial charge in [-0.05, 0) is 18.8 Å². The molecule has 1 amide bonds. The molecule has 22 heavy (non-hydrogen) atoms. The fourth-order valence-electron chi connectivity index (χ4n) is 2.83. The summed E-state index contributed by atoms with van der Waals surface area (Å²) in [4.78, 5) is 33.6. The Morgan fingerprint density at radius 1 is 1.50 bits per heavy atom. The SMILES string of the molecule is CC(C)c1ncsc1C(=O)N1CCC[C@@H](c2n[nH]c(=O)[nH]2)C1. The molecule has 1 fully saturated rings. The van der Waals surface area contributed by atoms with Gasteiger partial charge in [0.05, 0.1) is 11.2 Å². The Balaban J connectivity index is 1.78. The van der Waals surface area contributed by atoms with Crippen molar-refractivity contribution in [3.63, 3.8) is 0 Å². The Kier molecular flexibility index (Phi) is 4.10. The third-order valence-corrected chi connectivity index (χ3v) is 4.78. The molecule has 3 rings (SSSR count). The Labute approximate surface area is 131 Å². The van der Waals surface area contributed by atoms with Gasteiger partial charge in [0, 0.05) is 19.0 Å². The molecule has 2 aromatic rings. The first kappa shape index (κ1) is 15.0. The fraction of sp³-hybridized carbons (Fsp3) is 0.571.